The lowest BCUT2D eigenvalue weighted by Gasteiger charge is -2.26. The third kappa shape index (κ3) is 6.62. The number of carbonyl (C=O) groups is 1. The first kappa shape index (κ1) is 19.5. The van der Waals surface area contributed by atoms with Crippen molar-refractivity contribution < 1.29 is 19.0 Å². The summed E-state index contributed by atoms with van der Waals surface area (Å²) >= 11 is 12.8. The van der Waals surface area contributed by atoms with Crippen LogP contribution in [0.4, 0.5) is 0 Å². The fraction of sp³-hybridized carbons (Fsp3) is 0.900. The topological polar surface area (TPSA) is 105 Å². The summed E-state index contributed by atoms with van der Waals surface area (Å²) in [5.74, 6) is 0.194. The molecule has 0 bridgehead atoms. The molecule has 0 radical (unpaired) electrons. The number of carboxylic acid groups (broad SMARTS) is 1. The Bertz CT molecular complexity index is 387. The van der Waals surface area contributed by atoms with Gasteiger partial charge in [-0.3, -0.25) is 14.7 Å². The average molecular weight is 380 g/mol. The number of alkyl halides is 2. The summed E-state index contributed by atoms with van der Waals surface area (Å²) in [6.45, 7) is 0.838. The molecule has 0 aromatic carbocycles. The van der Waals surface area contributed by atoms with Gasteiger partial charge >= 0.3 is 13.6 Å². The first-order valence-electron chi connectivity index (χ1n) is 6.41. The van der Waals surface area contributed by atoms with Crippen LogP contribution in [0.5, 0.6) is 0 Å². The van der Waals surface area contributed by atoms with E-state index in [0.29, 0.717) is 25.3 Å². The van der Waals surface area contributed by atoms with Gasteiger partial charge in [0.1, 0.15) is 6.04 Å². The standard InChI is InChI=1S/C10H20Cl2N3O4PS/c11-2-4-15(5-3-12)20(13,18)19-6-1-9-14-8(7-21-9)10(16)17/h8-9,14H,1-7H2,(H2,13,18)(H,16,17). The Kier molecular flexibility index (Phi) is 8.90. The molecule has 0 spiro atoms. The summed E-state index contributed by atoms with van der Waals surface area (Å²) < 4.78 is 19.0. The summed E-state index contributed by atoms with van der Waals surface area (Å²) in [7, 11) is -3.42. The van der Waals surface area contributed by atoms with Crippen LogP contribution < -0.4 is 10.8 Å². The lowest BCUT2D eigenvalue weighted by molar-refractivity contribution is -0.138. The van der Waals surface area contributed by atoms with Crippen LogP contribution >= 0.6 is 42.6 Å². The minimum Gasteiger partial charge on any atom is -0.480 e. The van der Waals surface area contributed by atoms with Crippen molar-refractivity contribution in [3.63, 3.8) is 0 Å². The van der Waals surface area contributed by atoms with Crippen molar-refractivity contribution in [2.24, 2.45) is 5.50 Å². The van der Waals surface area contributed by atoms with Gasteiger partial charge in [-0.15, -0.1) is 35.0 Å². The lowest BCUT2D eigenvalue weighted by Crippen LogP contribution is -2.37. The second-order valence-corrected chi connectivity index (χ2v) is 8.34. The highest BCUT2D eigenvalue weighted by atomic mass is 35.5. The van der Waals surface area contributed by atoms with Crippen LogP contribution in [0.2, 0.25) is 0 Å². The largest absolute Gasteiger partial charge is 0.480 e. The Morgan fingerprint density at radius 3 is 2.57 bits per heavy atom. The van der Waals surface area contributed by atoms with Crippen LogP contribution in [-0.4, -0.2) is 64.4 Å². The van der Waals surface area contributed by atoms with Crippen LogP contribution in [0.3, 0.4) is 0 Å². The molecule has 124 valence electrons. The van der Waals surface area contributed by atoms with E-state index in [9.17, 15) is 9.36 Å². The number of aliphatic carboxylic acids is 1. The van der Waals surface area contributed by atoms with E-state index in [4.69, 9.17) is 38.3 Å². The molecule has 0 saturated carbocycles. The van der Waals surface area contributed by atoms with Gasteiger partial charge in [0.15, 0.2) is 0 Å². The minimum atomic E-state index is -3.42. The van der Waals surface area contributed by atoms with E-state index in [1.807, 2.05) is 0 Å². The Morgan fingerprint density at radius 1 is 1.48 bits per heavy atom. The molecule has 1 rings (SSSR count). The Morgan fingerprint density at radius 2 is 2.10 bits per heavy atom. The summed E-state index contributed by atoms with van der Waals surface area (Å²) in [6, 6.07) is -0.548. The highest BCUT2D eigenvalue weighted by Crippen LogP contribution is 2.42. The lowest BCUT2D eigenvalue weighted by atomic mass is 10.3. The number of hydrogen-bond acceptors (Lipinski definition) is 5. The molecule has 0 aromatic rings. The van der Waals surface area contributed by atoms with Crippen molar-refractivity contribution in [3.05, 3.63) is 0 Å². The number of carboxylic acids is 1. The van der Waals surface area contributed by atoms with E-state index in [0.717, 1.165) is 0 Å². The van der Waals surface area contributed by atoms with Gasteiger partial charge in [0.25, 0.3) is 0 Å². The van der Waals surface area contributed by atoms with Gasteiger partial charge in [-0.05, 0) is 6.42 Å². The first-order valence-corrected chi connectivity index (χ1v) is 10.2. The second-order valence-electron chi connectivity index (χ2n) is 4.40. The van der Waals surface area contributed by atoms with Gasteiger partial charge in [0.2, 0.25) is 0 Å². The Labute approximate surface area is 138 Å². The molecule has 0 aromatic heterocycles. The molecule has 11 heteroatoms. The predicted octanol–water partition coefficient (Wildman–Crippen LogP) is 1.36. The van der Waals surface area contributed by atoms with Crippen LogP contribution in [0, 0.1) is 0 Å². The number of nitrogens with zero attached hydrogens (tertiary/aromatic N) is 1. The molecule has 4 N–H and O–H groups in total. The molecule has 3 unspecified atom stereocenters. The van der Waals surface area contributed by atoms with Crippen molar-refractivity contribution in [1.29, 1.82) is 0 Å². The molecule has 0 amide bonds. The van der Waals surface area contributed by atoms with Crippen molar-refractivity contribution in [3.8, 4) is 0 Å². The van der Waals surface area contributed by atoms with E-state index in [1.165, 1.54) is 16.4 Å². The summed E-state index contributed by atoms with van der Waals surface area (Å²) in [5, 5.41) is 11.8. The number of hydrogen-bond donors (Lipinski definition) is 3. The molecular weight excluding hydrogens is 360 g/mol. The molecule has 1 aliphatic rings. The zero-order valence-corrected chi connectivity index (χ0v) is 14.6. The summed E-state index contributed by atoms with van der Waals surface area (Å²) in [6.07, 6.45) is 0.519. The van der Waals surface area contributed by atoms with Crippen molar-refractivity contribution >= 4 is 48.6 Å². The zero-order valence-electron chi connectivity index (χ0n) is 11.4. The Hall–Kier alpha value is 0.470. The monoisotopic (exact) mass is 379 g/mol. The van der Waals surface area contributed by atoms with Crippen LogP contribution in [0.1, 0.15) is 6.42 Å². The number of nitrogens with two attached hydrogens (primary N) is 1. The van der Waals surface area contributed by atoms with Crippen molar-refractivity contribution in [2.75, 3.05) is 37.2 Å². The van der Waals surface area contributed by atoms with E-state index in [-0.39, 0.29) is 23.7 Å². The normalized spacial score (nSPS) is 25.1. The fourth-order valence-electron chi connectivity index (χ4n) is 1.80. The van der Waals surface area contributed by atoms with Crippen LogP contribution in [0.15, 0.2) is 0 Å². The number of nitrogens with one attached hydrogen (secondary N) is 1. The molecule has 1 fully saturated rings. The number of halogens is 2. The van der Waals surface area contributed by atoms with Crippen molar-refractivity contribution in [2.45, 2.75) is 17.8 Å². The fourth-order valence-corrected chi connectivity index (χ4v) is 4.92. The van der Waals surface area contributed by atoms with Gasteiger partial charge < -0.3 is 9.63 Å². The second kappa shape index (κ2) is 9.57. The maximum absolute atomic E-state index is 12.3. The zero-order chi connectivity index (χ0) is 15.9. The molecule has 0 aliphatic carbocycles. The van der Waals surface area contributed by atoms with E-state index >= 15 is 0 Å². The van der Waals surface area contributed by atoms with E-state index in [2.05, 4.69) is 5.32 Å². The van der Waals surface area contributed by atoms with Crippen LogP contribution in [-0.2, 0) is 13.9 Å². The molecule has 1 heterocycles. The summed E-state index contributed by atoms with van der Waals surface area (Å²) in [4.78, 5) is 10.8. The van der Waals surface area contributed by atoms with Gasteiger partial charge in [-0.25, -0.2) is 10.2 Å². The molecule has 7 nitrogen and oxygen atoms in total. The van der Waals surface area contributed by atoms with Crippen molar-refractivity contribution in [1.82, 2.24) is 9.99 Å². The molecule has 1 saturated heterocycles. The quantitative estimate of drug-likeness (QED) is 0.386. The molecular formula is C10H20Cl2N3O4PS. The SMILES string of the molecule is NP(=O)(OCCC1NC(C(=O)O)CS1)N(CCCl)CCCl. The van der Waals surface area contributed by atoms with Gasteiger partial charge in [0, 0.05) is 30.6 Å². The highest BCUT2D eigenvalue weighted by molar-refractivity contribution is 8.00. The first-order chi connectivity index (χ1) is 9.90. The van der Waals surface area contributed by atoms with Gasteiger partial charge in [-0.2, -0.15) is 0 Å². The number of rotatable bonds is 10. The highest BCUT2D eigenvalue weighted by Gasteiger charge is 2.31. The molecule has 21 heavy (non-hydrogen) atoms. The molecule has 1 aliphatic heterocycles. The minimum absolute atomic E-state index is 0.0411. The third-order valence-corrected chi connectivity index (χ3v) is 6.26. The maximum Gasteiger partial charge on any atom is 0.340 e. The van der Waals surface area contributed by atoms with Crippen LogP contribution in [0.25, 0.3) is 0 Å². The maximum atomic E-state index is 12.3. The smallest absolute Gasteiger partial charge is 0.340 e. The van der Waals surface area contributed by atoms with E-state index in [1.54, 1.807) is 0 Å². The predicted molar refractivity (Wildman–Crippen MR) is 86.2 cm³/mol. The third-order valence-electron chi connectivity index (χ3n) is 2.89. The average Bonchev–Trinajstić information content (AvgIpc) is 2.87. The van der Waals surface area contributed by atoms with Gasteiger partial charge in [0.05, 0.1) is 12.0 Å². The number of thioether (sulfide) groups is 1. The van der Waals surface area contributed by atoms with Gasteiger partial charge in [-0.1, -0.05) is 0 Å². The van der Waals surface area contributed by atoms with E-state index < -0.39 is 19.7 Å². The Balaban J connectivity index is 2.36. The molecule has 3 atom stereocenters. The summed E-state index contributed by atoms with van der Waals surface area (Å²) in [5.41, 5.74) is 5.71.